The molecule has 0 saturated carbocycles. The lowest BCUT2D eigenvalue weighted by Crippen LogP contribution is -2.41. The summed E-state index contributed by atoms with van der Waals surface area (Å²) >= 11 is 0. The summed E-state index contributed by atoms with van der Waals surface area (Å²) in [7, 11) is 0. The molecule has 2 aliphatic heterocycles. The Hall–Kier alpha value is -1.69. The molecule has 0 fully saturated rings. The molecule has 12 heavy (non-hydrogen) atoms. The number of hydrogen-bond acceptors (Lipinski definition) is 6. The number of aliphatic hydroxyl groups is 1. The predicted octanol–water partition coefficient (Wildman–Crippen LogP) is -0.996. The molecule has 2 aliphatic rings. The van der Waals surface area contributed by atoms with Crippen LogP contribution in [0.5, 0.6) is 0 Å². The van der Waals surface area contributed by atoms with Crippen LogP contribution in [0.1, 0.15) is 0 Å². The van der Waals surface area contributed by atoms with Gasteiger partial charge in [-0.05, 0) is 0 Å². The van der Waals surface area contributed by atoms with Crippen molar-refractivity contribution >= 4 is 5.96 Å². The summed E-state index contributed by atoms with van der Waals surface area (Å²) in [6, 6.07) is 0. The predicted molar refractivity (Wildman–Crippen MR) is 43.1 cm³/mol. The maximum atomic E-state index is 9.13. The summed E-state index contributed by atoms with van der Waals surface area (Å²) in [5.74, 6) is 6.71. The highest BCUT2D eigenvalue weighted by molar-refractivity contribution is 5.86. The van der Waals surface area contributed by atoms with Crippen LogP contribution in [0.4, 0.5) is 0 Å². The number of fused-ring (bicyclic) bond motifs is 1. The van der Waals surface area contributed by atoms with Gasteiger partial charge in [-0.3, -0.25) is 9.91 Å². The second-order valence-electron chi connectivity index (χ2n) is 2.60. The molecule has 6 nitrogen and oxygen atoms in total. The van der Waals surface area contributed by atoms with Crippen molar-refractivity contribution in [1.29, 1.82) is 0 Å². The minimum Gasteiger partial charge on any atom is -0.509 e. The van der Waals surface area contributed by atoms with Gasteiger partial charge in [0.2, 0.25) is 5.96 Å². The van der Waals surface area contributed by atoms with Gasteiger partial charge in [0, 0.05) is 0 Å². The van der Waals surface area contributed by atoms with Crippen molar-refractivity contribution in [1.82, 2.24) is 9.91 Å². The van der Waals surface area contributed by atoms with Crippen LogP contribution in [0.2, 0.25) is 0 Å². The van der Waals surface area contributed by atoms with Gasteiger partial charge < -0.3 is 10.8 Å². The van der Waals surface area contributed by atoms with E-state index in [1.54, 1.807) is 11.1 Å². The number of nitrogens with zero attached hydrogens (tertiary/aromatic N) is 3. The molecule has 0 radical (unpaired) electrons. The normalized spacial score (nSPS) is 21.6. The van der Waals surface area contributed by atoms with Gasteiger partial charge in [0.1, 0.15) is 11.6 Å². The van der Waals surface area contributed by atoms with E-state index in [2.05, 4.69) is 4.99 Å². The Labute approximate surface area is 69.0 Å². The molecular weight excluding hydrogens is 158 g/mol. The number of aliphatic hydroxyl groups excluding tert-OH is 1. The SMILES string of the molecule is NC1=CN(N)C2=NC=C(O)CN12. The Bertz CT molecular complexity index is 305. The maximum Gasteiger partial charge on any atom is 0.226 e. The average Bonchev–Trinajstić information content (AvgIpc) is 2.28. The largest absolute Gasteiger partial charge is 0.509 e. The molecule has 6 heteroatoms. The summed E-state index contributed by atoms with van der Waals surface area (Å²) in [5.41, 5.74) is 5.59. The summed E-state index contributed by atoms with van der Waals surface area (Å²) in [6.45, 7) is 0.328. The third-order valence-corrected chi connectivity index (χ3v) is 1.70. The van der Waals surface area contributed by atoms with E-state index in [0.717, 1.165) is 0 Å². The topological polar surface area (TPSA) is 91.1 Å². The Morgan fingerprint density at radius 1 is 1.58 bits per heavy atom. The van der Waals surface area contributed by atoms with Crippen molar-refractivity contribution in [2.75, 3.05) is 6.54 Å². The van der Waals surface area contributed by atoms with Crippen molar-refractivity contribution in [2.24, 2.45) is 16.6 Å². The molecule has 0 spiro atoms. The highest BCUT2D eigenvalue weighted by Gasteiger charge is 2.27. The minimum atomic E-state index is 0.172. The van der Waals surface area contributed by atoms with Crippen molar-refractivity contribution in [3.05, 3.63) is 24.0 Å². The van der Waals surface area contributed by atoms with Gasteiger partial charge in [0.25, 0.3) is 0 Å². The van der Waals surface area contributed by atoms with Gasteiger partial charge in [0.15, 0.2) is 0 Å². The van der Waals surface area contributed by atoms with Crippen LogP contribution < -0.4 is 11.6 Å². The fraction of sp³-hybridized carbons (Fsp3) is 0.167. The molecule has 0 unspecified atom stereocenters. The molecule has 2 heterocycles. The van der Waals surface area contributed by atoms with Crippen molar-refractivity contribution in [3.63, 3.8) is 0 Å². The zero-order valence-electron chi connectivity index (χ0n) is 6.31. The van der Waals surface area contributed by atoms with Crippen LogP contribution in [0.3, 0.4) is 0 Å². The van der Waals surface area contributed by atoms with Crippen LogP contribution in [-0.4, -0.2) is 27.5 Å². The van der Waals surface area contributed by atoms with Crippen LogP contribution in [0.15, 0.2) is 29.0 Å². The number of aliphatic imine (C=N–C) groups is 1. The van der Waals surface area contributed by atoms with Crippen molar-refractivity contribution < 1.29 is 5.11 Å². The van der Waals surface area contributed by atoms with E-state index in [0.29, 0.717) is 18.3 Å². The first-order valence-electron chi connectivity index (χ1n) is 3.43. The monoisotopic (exact) mass is 167 g/mol. The lowest BCUT2D eigenvalue weighted by molar-refractivity contribution is 0.344. The summed E-state index contributed by atoms with van der Waals surface area (Å²) in [6.07, 6.45) is 2.91. The quantitative estimate of drug-likeness (QED) is 0.403. The Balaban J connectivity index is 2.35. The number of rotatable bonds is 0. The van der Waals surface area contributed by atoms with Gasteiger partial charge in [-0.1, -0.05) is 0 Å². The van der Waals surface area contributed by atoms with E-state index in [1.165, 1.54) is 11.2 Å². The molecule has 2 rings (SSSR count). The highest BCUT2D eigenvalue weighted by Crippen LogP contribution is 2.16. The second-order valence-corrected chi connectivity index (χ2v) is 2.60. The molecule has 0 amide bonds. The summed E-state index contributed by atoms with van der Waals surface area (Å²) in [5, 5.41) is 10.4. The van der Waals surface area contributed by atoms with Crippen molar-refractivity contribution in [3.8, 4) is 0 Å². The maximum absolute atomic E-state index is 9.13. The molecule has 0 aromatic carbocycles. The minimum absolute atomic E-state index is 0.172. The smallest absolute Gasteiger partial charge is 0.226 e. The van der Waals surface area contributed by atoms with Gasteiger partial charge in [-0.15, -0.1) is 0 Å². The van der Waals surface area contributed by atoms with Gasteiger partial charge in [-0.2, -0.15) is 0 Å². The van der Waals surface area contributed by atoms with Gasteiger partial charge >= 0.3 is 0 Å². The Morgan fingerprint density at radius 3 is 3.08 bits per heavy atom. The number of guanidine groups is 1. The van der Waals surface area contributed by atoms with Crippen molar-refractivity contribution in [2.45, 2.75) is 0 Å². The fourth-order valence-electron chi connectivity index (χ4n) is 1.16. The zero-order valence-corrected chi connectivity index (χ0v) is 6.31. The number of nitrogens with two attached hydrogens (primary N) is 2. The molecule has 0 aromatic heterocycles. The second kappa shape index (κ2) is 2.15. The molecule has 0 saturated heterocycles. The lowest BCUT2D eigenvalue weighted by Gasteiger charge is -2.23. The molecular formula is C6H9N5O. The lowest BCUT2D eigenvalue weighted by atomic mass is 10.4. The summed E-state index contributed by atoms with van der Waals surface area (Å²) < 4.78 is 0. The first-order chi connectivity index (χ1) is 5.68. The van der Waals surface area contributed by atoms with Crippen LogP contribution in [0.25, 0.3) is 0 Å². The zero-order chi connectivity index (χ0) is 8.72. The van der Waals surface area contributed by atoms with Gasteiger partial charge in [0.05, 0.1) is 18.9 Å². The molecule has 0 atom stereocenters. The third kappa shape index (κ3) is 0.817. The first kappa shape index (κ1) is 6.99. The summed E-state index contributed by atoms with van der Waals surface area (Å²) in [4.78, 5) is 5.52. The van der Waals surface area contributed by atoms with E-state index in [9.17, 15) is 0 Å². The van der Waals surface area contributed by atoms with E-state index in [-0.39, 0.29) is 5.76 Å². The fourth-order valence-corrected chi connectivity index (χ4v) is 1.16. The molecule has 0 bridgehead atoms. The molecule has 64 valence electrons. The number of hydrogen-bond donors (Lipinski definition) is 3. The highest BCUT2D eigenvalue weighted by atomic mass is 16.3. The van der Waals surface area contributed by atoms with Crippen LogP contribution >= 0.6 is 0 Å². The van der Waals surface area contributed by atoms with E-state index < -0.39 is 0 Å². The van der Waals surface area contributed by atoms with Crippen LogP contribution in [0, 0.1) is 0 Å². The Kier molecular flexibility index (Phi) is 1.25. The standard InChI is InChI=1S/C6H9N5O/c7-5-3-11(8)6-9-1-4(12)2-10(5)6/h1,3,12H,2,7-8H2. The van der Waals surface area contributed by atoms with E-state index in [1.807, 2.05) is 0 Å². The molecule has 0 aromatic rings. The molecule has 0 aliphatic carbocycles. The van der Waals surface area contributed by atoms with E-state index in [4.69, 9.17) is 16.7 Å². The Morgan fingerprint density at radius 2 is 2.33 bits per heavy atom. The van der Waals surface area contributed by atoms with Gasteiger partial charge in [-0.25, -0.2) is 10.8 Å². The third-order valence-electron chi connectivity index (χ3n) is 1.70. The van der Waals surface area contributed by atoms with Crippen LogP contribution in [-0.2, 0) is 0 Å². The van der Waals surface area contributed by atoms with E-state index >= 15 is 0 Å². The average molecular weight is 167 g/mol. The first-order valence-corrected chi connectivity index (χ1v) is 3.43. The number of hydrazine groups is 1. The molecule has 5 N–H and O–H groups in total.